The molecule has 2 heterocycles. The molecule has 0 spiro atoms. The molecule has 1 N–H and O–H groups in total. The zero-order valence-corrected chi connectivity index (χ0v) is 7.52. The number of fused-ring (bicyclic) bond motifs is 2. The number of rotatable bonds is 0. The largest absolute Gasteiger partial charge is 0.504 e. The Kier molecular flexibility index (Phi) is 1.45. The molecule has 76 valence electrons. The quantitative estimate of drug-likeness (QED) is 0.656. The molecule has 0 bridgehead atoms. The maximum atomic E-state index is 11.0. The third-order valence-electron chi connectivity index (χ3n) is 2.24. The maximum absolute atomic E-state index is 11.0. The van der Waals surface area contributed by atoms with E-state index in [1.165, 1.54) is 18.2 Å². The van der Waals surface area contributed by atoms with Crippen molar-refractivity contribution in [3.63, 3.8) is 0 Å². The lowest BCUT2D eigenvalue weighted by Gasteiger charge is -2.02. The van der Waals surface area contributed by atoms with E-state index in [4.69, 9.17) is 13.9 Å². The minimum absolute atomic E-state index is 0.0590. The van der Waals surface area contributed by atoms with Gasteiger partial charge in [-0.2, -0.15) is 0 Å². The van der Waals surface area contributed by atoms with Gasteiger partial charge in [-0.15, -0.1) is 0 Å². The van der Waals surface area contributed by atoms with Gasteiger partial charge in [0.25, 0.3) is 0 Å². The van der Waals surface area contributed by atoms with Crippen LogP contribution >= 0.6 is 0 Å². The van der Waals surface area contributed by atoms with E-state index in [-0.39, 0.29) is 23.9 Å². The summed E-state index contributed by atoms with van der Waals surface area (Å²) in [4.78, 5) is 11.0. The van der Waals surface area contributed by atoms with Crippen LogP contribution in [0.15, 0.2) is 27.4 Å². The number of benzene rings is 1. The fourth-order valence-electron chi connectivity index (χ4n) is 1.56. The van der Waals surface area contributed by atoms with Crippen LogP contribution in [0.1, 0.15) is 0 Å². The summed E-state index contributed by atoms with van der Waals surface area (Å²) in [6, 6.07) is 4.25. The smallest absolute Gasteiger partial charge is 0.336 e. The van der Waals surface area contributed by atoms with E-state index in [0.29, 0.717) is 11.1 Å². The molecule has 15 heavy (non-hydrogen) atoms. The molecular formula is C10H6O5. The van der Waals surface area contributed by atoms with Crippen LogP contribution in [0.4, 0.5) is 0 Å². The summed E-state index contributed by atoms with van der Waals surface area (Å²) in [5, 5.41) is 10.2. The van der Waals surface area contributed by atoms with Crippen molar-refractivity contribution in [1.82, 2.24) is 0 Å². The summed E-state index contributed by atoms with van der Waals surface area (Å²) in [5.41, 5.74) is -0.190. The number of aromatic hydroxyl groups is 1. The van der Waals surface area contributed by atoms with Crippen molar-refractivity contribution in [2.24, 2.45) is 0 Å². The summed E-state index contributed by atoms with van der Waals surface area (Å²) >= 11 is 0. The van der Waals surface area contributed by atoms with E-state index < -0.39 is 5.63 Å². The highest BCUT2D eigenvalue weighted by atomic mass is 16.7. The molecule has 1 aliphatic heterocycles. The van der Waals surface area contributed by atoms with Crippen molar-refractivity contribution in [1.29, 1.82) is 0 Å². The van der Waals surface area contributed by atoms with Crippen LogP contribution in [0.25, 0.3) is 11.0 Å². The maximum Gasteiger partial charge on any atom is 0.336 e. The molecule has 0 radical (unpaired) electrons. The Bertz CT molecular complexity index is 599. The lowest BCUT2D eigenvalue weighted by atomic mass is 10.2. The molecule has 0 atom stereocenters. The van der Waals surface area contributed by atoms with E-state index in [1.807, 2.05) is 0 Å². The van der Waals surface area contributed by atoms with E-state index in [1.54, 1.807) is 0 Å². The fraction of sp³-hybridized carbons (Fsp3) is 0.100. The van der Waals surface area contributed by atoms with Gasteiger partial charge in [-0.25, -0.2) is 4.79 Å². The van der Waals surface area contributed by atoms with Gasteiger partial charge in [-0.05, 0) is 6.07 Å². The molecule has 0 fully saturated rings. The summed E-state index contributed by atoms with van der Waals surface area (Å²) in [6.07, 6.45) is 0. The zero-order chi connectivity index (χ0) is 10.4. The SMILES string of the molecule is O=c1ccc2c(O)c3c(cc2o1)OCO3. The third-order valence-corrected chi connectivity index (χ3v) is 2.24. The first-order valence-electron chi connectivity index (χ1n) is 4.31. The van der Waals surface area contributed by atoms with E-state index in [9.17, 15) is 9.90 Å². The number of phenolic OH excluding ortho intramolecular Hbond substituents is 1. The first-order chi connectivity index (χ1) is 7.25. The molecule has 0 saturated heterocycles. The second-order valence-electron chi connectivity index (χ2n) is 3.13. The first kappa shape index (κ1) is 8.16. The summed E-state index contributed by atoms with van der Waals surface area (Å²) in [6.45, 7) is 0.0590. The van der Waals surface area contributed by atoms with Crippen LogP contribution in [0.2, 0.25) is 0 Å². The molecular weight excluding hydrogens is 200 g/mol. The Balaban J connectivity index is 2.46. The standard InChI is InChI=1S/C10H6O5/c11-8-2-1-5-6(15-8)3-7-10(9(5)12)14-4-13-7/h1-3,12H,4H2. The number of ether oxygens (including phenoxy) is 2. The first-order valence-corrected chi connectivity index (χ1v) is 4.31. The van der Waals surface area contributed by atoms with Gasteiger partial charge < -0.3 is 19.0 Å². The minimum atomic E-state index is -0.472. The molecule has 0 saturated carbocycles. The highest BCUT2D eigenvalue weighted by Gasteiger charge is 2.21. The molecule has 1 aliphatic rings. The summed E-state index contributed by atoms with van der Waals surface area (Å²) in [5.74, 6) is 0.606. The topological polar surface area (TPSA) is 68.9 Å². The minimum Gasteiger partial charge on any atom is -0.504 e. The van der Waals surface area contributed by atoms with Gasteiger partial charge in [0.15, 0.2) is 11.5 Å². The van der Waals surface area contributed by atoms with E-state index in [0.717, 1.165) is 0 Å². The summed E-state index contributed by atoms with van der Waals surface area (Å²) < 4.78 is 15.1. The van der Waals surface area contributed by atoms with Crippen LogP contribution in [-0.4, -0.2) is 11.9 Å². The van der Waals surface area contributed by atoms with Crippen LogP contribution in [0.3, 0.4) is 0 Å². The monoisotopic (exact) mass is 206 g/mol. The van der Waals surface area contributed by atoms with Crippen molar-refractivity contribution in [3.8, 4) is 17.2 Å². The normalized spacial score (nSPS) is 13.3. The Labute approximate surface area is 83.5 Å². The Morgan fingerprint density at radius 3 is 3.00 bits per heavy atom. The highest BCUT2D eigenvalue weighted by Crippen LogP contribution is 2.44. The molecule has 1 aromatic heterocycles. The van der Waals surface area contributed by atoms with E-state index >= 15 is 0 Å². The van der Waals surface area contributed by atoms with Gasteiger partial charge in [0.2, 0.25) is 12.5 Å². The number of hydrogen-bond acceptors (Lipinski definition) is 5. The van der Waals surface area contributed by atoms with Gasteiger partial charge >= 0.3 is 5.63 Å². The molecule has 0 aliphatic carbocycles. The Hall–Kier alpha value is -2.17. The molecule has 1 aromatic carbocycles. The van der Waals surface area contributed by atoms with Crippen molar-refractivity contribution < 1.29 is 19.0 Å². The van der Waals surface area contributed by atoms with Gasteiger partial charge in [-0.3, -0.25) is 0 Å². The molecule has 5 heteroatoms. The molecule has 0 amide bonds. The molecule has 5 nitrogen and oxygen atoms in total. The van der Waals surface area contributed by atoms with Crippen LogP contribution in [0, 0.1) is 0 Å². The van der Waals surface area contributed by atoms with Gasteiger partial charge in [0.1, 0.15) is 5.58 Å². The van der Waals surface area contributed by atoms with Gasteiger partial charge in [0.05, 0.1) is 5.39 Å². The average Bonchev–Trinajstić information content (AvgIpc) is 2.65. The second-order valence-corrected chi connectivity index (χ2v) is 3.13. The van der Waals surface area contributed by atoms with Crippen LogP contribution < -0.4 is 15.1 Å². The molecule has 2 aromatic rings. The molecule has 0 unspecified atom stereocenters. The van der Waals surface area contributed by atoms with Gasteiger partial charge in [-0.1, -0.05) is 0 Å². The van der Waals surface area contributed by atoms with Gasteiger partial charge in [0, 0.05) is 12.1 Å². The second kappa shape index (κ2) is 2.66. The van der Waals surface area contributed by atoms with Crippen LogP contribution in [0.5, 0.6) is 17.2 Å². The Morgan fingerprint density at radius 1 is 1.27 bits per heavy atom. The molecule has 3 rings (SSSR count). The summed E-state index contributed by atoms with van der Waals surface area (Å²) in [7, 11) is 0. The van der Waals surface area contributed by atoms with Crippen molar-refractivity contribution in [3.05, 3.63) is 28.6 Å². The lowest BCUT2D eigenvalue weighted by Crippen LogP contribution is -1.94. The zero-order valence-electron chi connectivity index (χ0n) is 7.52. The van der Waals surface area contributed by atoms with Crippen LogP contribution in [-0.2, 0) is 0 Å². The number of phenols is 1. The average molecular weight is 206 g/mol. The van der Waals surface area contributed by atoms with Crippen molar-refractivity contribution >= 4 is 11.0 Å². The Morgan fingerprint density at radius 2 is 2.13 bits per heavy atom. The van der Waals surface area contributed by atoms with Crippen molar-refractivity contribution in [2.75, 3.05) is 6.79 Å². The van der Waals surface area contributed by atoms with Crippen molar-refractivity contribution in [2.45, 2.75) is 0 Å². The number of hydrogen-bond donors (Lipinski definition) is 1. The lowest BCUT2D eigenvalue weighted by molar-refractivity contribution is 0.171. The fourth-order valence-corrected chi connectivity index (χ4v) is 1.56. The predicted molar refractivity (Wildman–Crippen MR) is 50.3 cm³/mol. The third kappa shape index (κ3) is 1.06. The van der Waals surface area contributed by atoms with E-state index in [2.05, 4.69) is 0 Å². The highest BCUT2D eigenvalue weighted by molar-refractivity contribution is 5.88. The predicted octanol–water partition coefficient (Wildman–Crippen LogP) is 1.23.